The Hall–Kier alpha value is -1.36. The van der Waals surface area contributed by atoms with Gasteiger partial charge < -0.3 is 10.5 Å². The van der Waals surface area contributed by atoms with Crippen molar-refractivity contribution in [2.24, 2.45) is 0 Å². The highest BCUT2D eigenvalue weighted by molar-refractivity contribution is 9.10. The Morgan fingerprint density at radius 2 is 2.43 bits per heavy atom. The van der Waals surface area contributed by atoms with Gasteiger partial charge in [0.05, 0.1) is 7.11 Å². The Kier molecular flexibility index (Phi) is 3.64. The molecule has 0 saturated carbocycles. The minimum absolute atomic E-state index is 0.369. The molecule has 1 rings (SSSR count). The van der Waals surface area contributed by atoms with Gasteiger partial charge in [0.15, 0.2) is 0 Å². The summed E-state index contributed by atoms with van der Waals surface area (Å²) in [6.07, 6.45) is 4.43. The van der Waals surface area contributed by atoms with E-state index in [-0.39, 0.29) is 0 Å². The summed E-state index contributed by atoms with van der Waals surface area (Å²) in [4.78, 5) is 14.7. The number of hydrogen-bond acceptors (Lipinski definition) is 4. The van der Waals surface area contributed by atoms with E-state index in [0.29, 0.717) is 11.4 Å². The number of rotatable bonds is 2. The van der Waals surface area contributed by atoms with Crippen molar-refractivity contribution in [1.29, 1.82) is 0 Å². The van der Waals surface area contributed by atoms with Crippen LogP contribution < -0.4 is 5.73 Å². The van der Waals surface area contributed by atoms with Gasteiger partial charge in [-0.15, -0.1) is 0 Å². The summed E-state index contributed by atoms with van der Waals surface area (Å²) in [5, 5.41) is 0. The van der Waals surface area contributed by atoms with Crippen molar-refractivity contribution in [1.82, 2.24) is 4.98 Å². The molecule has 0 aromatic carbocycles. The van der Waals surface area contributed by atoms with Crippen LogP contribution in [0.5, 0.6) is 0 Å². The zero-order chi connectivity index (χ0) is 10.6. The van der Waals surface area contributed by atoms with Crippen LogP contribution in [0.3, 0.4) is 0 Å². The monoisotopic (exact) mass is 256 g/mol. The van der Waals surface area contributed by atoms with Gasteiger partial charge in [0.2, 0.25) is 0 Å². The summed E-state index contributed by atoms with van der Waals surface area (Å²) in [5.74, 6) is -0.0577. The molecule has 14 heavy (non-hydrogen) atoms. The molecule has 0 bridgehead atoms. The van der Waals surface area contributed by atoms with Crippen molar-refractivity contribution in [3.8, 4) is 0 Å². The number of esters is 1. The molecule has 0 amide bonds. The molecule has 0 radical (unpaired) electrons. The van der Waals surface area contributed by atoms with Gasteiger partial charge in [-0.3, -0.25) is 0 Å². The van der Waals surface area contributed by atoms with Crippen molar-refractivity contribution in [3.05, 3.63) is 28.4 Å². The van der Waals surface area contributed by atoms with Gasteiger partial charge in [-0.05, 0) is 28.1 Å². The third-order valence-corrected chi connectivity index (χ3v) is 1.95. The van der Waals surface area contributed by atoms with Crippen LogP contribution in [0.25, 0.3) is 6.08 Å². The van der Waals surface area contributed by atoms with E-state index in [9.17, 15) is 4.79 Å². The molecule has 4 nitrogen and oxygen atoms in total. The second-order valence-corrected chi connectivity index (χ2v) is 3.40. The molecule has 0 spiro atoms. The molecule has 0 saturated heterocycles. The summed E-state index contributed by atoms with van der Waals surface area (Å²) >= 11 is 3.25. The molecule has 5 heteroatoms. The van der Waals surface area contributed by atoms with Crippen molar-refractivity contribution in [3.63, 3.8) is 0 Å². The van der Waals surface area contributed by atoms with Crippen molar-refractivity contribution < 1.29 is 9.53 Å². The first kappa shape index (κ1) is 10.7. The Labute approximate surface area is 89.9 Å². The Morgan fingerprint density at radius 1 is 1.71 bits per heavy atom. The topological polar surface area (TPSA) is 65.2 Å². The van der Waals surface area contributed by atoms with E-state index in [1.54, 1.807) is 18.3 Å². The second kappa shape index (κ2) is 4.76. The van der Waals surface area contributed by atoms with Crippen molar-refractivity contribution in [2.45, 2.75) is 0 Å². The highest BCUT2D eigenvalue weighted by Crippen LogP contribution is 2.16. The zero-order valence-electron chi connectivity index (χ0n) is 7.53. The van der Waals surface area contributed by atoms with Crippen LogP contribution in [0.1, 0.15) is 5.56 Å². The van der Waals surface area contributed by atoms with Crippen molar-refractivity contribution >= 4 is 33.8 Å². The standard InChI is InChI=1S/C9H9BrN2O2/c1-14-8(13)3-2-6-4-7(10)5-12-9(6)11/h2-5H,1H3,(H2,11,12)/b3-2+. The van der Waals surface area contributed by atoms with E-state index in [4.69, 9.17) is 5.73 Å². The van der Waals surface area contributed by atoms with Gasteiger partial charge in [0, 0.05) is 22.3 Å². The number of carbonyl (C=O) groups is 1. The minimum atomic E-state index is -0.427. The number of nitrogens with zero attached hydrogens (tertiary/aromatic N) is 1. The number of methoxy groups -OCH3 is 1. The van der Waals surface area contributed by atoms with Crippen LogP contribution in [0.15, 0.2) is 22.8 Å². The first-order valence-electron chi connectivity index (χ1n) is 3.80. The maximum atomic E-state index is 10.8. The Bertz CT molecular complexity index is 377. The quantitative estimate of drug-likeness (QED) is 0.645. The normalized spacial score (nSPS) is 10.4. The van der Waals surface area contributed by atoms with Gasteiger partial charge in [0.25, 0.3) is 0 Å². The van der Waals surface area contributed by atoms with E-state index in [2.05, 4.69) is 25.7 Å². The van der Waals surface area contributed by atoms with Gasteiger partial charge in [-0.25, -0.2) is 9.78 Å². The van der Waals surface area contributed by atoms with Crippen LogP contribution in [-0.4, -0.2) is 18.1 Å². The minimum Gasteiger partial charge on any atom is -0.466 e. The smallest absolute Gasteiger partial charge is 0.330 e. The lowest BCUT2D eigenvalue weighted by atomic mass is 10.2. The first-order valence-corrected chi connectivity index (χ1v) is 4.60. The summed E-state index contributed by atoms with van der Waals surface area (Å²) < 4.78 is 5.25. The second-order valence-electron chi connectivity index (χ2n) is 2.48. The highest BCUT2D eigenvalue weighted by Gasteiger charge is 1.98. The molecule has 0 atom stereocenters. The van der Waals surface area contributed by atoms with Gasteiger partial charge >= 0.3 is 5.97 Å². The largest absolute Gasteiger partial charge is 0.466 e. The number of halogens is 1. The zero-order valence-corrected chi connectivity index (χ0v) is 9.11. The van der Waals surface area contributed by atoms with Crippen molar-refractivity contribution in [2.75, 3.05) is 12.8 Å². The lowest BCUT2D eigenvalue weighted by Gasteiger charge is -1.99. The van der Waals surface area contributed by atoms with Gasteiger partial charge in [-0.2, -0.15) is 0 Å². The number of anilines is 1. The number of hydrogen-bond donors (Lipinski definition) is 1. The predicted octanol–water partition coefficient (Wildman–Crippen LogP) is 1.61. The SMILES string of the molecule is COC(=O)/C=C/c1cc(Br)cnc1N. The summed E-state index contributed by atoms with van der Waals surface area (Å²) in [7, 11) is 1.31. The summed E-state index contributed by atoms with van der Waals surface area (Å²) in [5.41, 5.74) is 6.25. The molecular formula is C9H9BrN2O2. The number of nitrogen functional groups attached to an aromatic ring is 1. The lowest BCUT2D eigenvalue weighted by molar-refractivity contribution is -0.134. The maximum absolute atomic E-state index is 10.8. The number of carbonyl (C=O) groups excluding carboxylic acids is 1. The molecule has 0 aliphatic heterocycles. The summed E-state index contributed by atoms with van der Waals surface area (Å²) in [6, 6.07) is 1.77. The molecule has 74 valence electrons. The van der Waals surface area contributed by atoms with E-state index in [1.165, 1.54) is 13.2 Å². The average molecular weight is 257 g/mol. The number of pyridine rings is 1. The number of nitrogens with two attached hydrogens (primary N) is 1. The lowest BCUT2D eigenvalue weighted by Crippen LogP contribution is -1.96. The molecule has 1 aromatic rings. The Morgan fingerprint density at radius 3 is 3.07 bits per heavy atom. The number of ether oxygens (including phenoxy) is 1. The fourth-order valence-electron chi connectivity index (χ4n) is 0.825. The van der Waals surface area contributed by atoms with Crippen LogP contribution in [0.4, 0.5) is 5.82 Å². The van der Waals surface area contributed by atoms with E-state index >= 15 is 0 Å². The third-order valence-electron chi connectivity index (χ3n) is 1.52. The van der Waals surface area contributed by atoms with Crippen LogP contribution in [-0.2, 0) is 9.53 Å². The average Bonchev–Trinajstić information content (AvgIpc) is 2.19. The number of aromatic nitrogens is 1. The van der Waals surface area contributed by atoms with E-state index in [1.807, 2.05) is 0 Å². The third kappa shape index (κ3) is 2.85. The molecule has 0 unspecified atom stereocenters. The van der Waals surface area contributed by atoms with Crippen LogP contribution in [0.2, 0.25) is 0 Å². The predicted molar refractivity (Wildman–Crippen MR) is 57.4 cm³/mol. The van der Waals surface area contributed by atoms with Gasteiger partial charge in [0.1, 0.15) is 5.82 Å². The fourth-order valence-corrected chi connectivity index (χ4v) is 1.17. The highest BCUT2D eigenvalue weighted by atomic mass is 79.9. The summed E-state index contributed by atoms with van der Waals surface area (Å²) in [6.45, 7) is 0. The molecule has 0 aliphatic carbocycles. The molecule has 1 heterocycles. The molecule has 1 aromatic heterocycles. The van der Waals surface area contributed by atoms with Gasteiger partial charge in [-0.1, -0.05) is 0 Å². The fraction of sp³-hybridized carbons (Fsp3) is 0.111. The maximum Gasteiger partial charge on any atom is 0.330 e. The molecule has 2 N–H and O–H groups in total. The van der Waals surface area contributed by atoms with Crippen LogP contribution in [0, 0.1) is 0 Å². The molecular weight excluding hydrogens is 248 g/mol. The van der Waals surface area contributed by atoms with E-state index in [0.717, 1.165) is 4.47 Å². The first-order chi connectivity index (χ1) is 6.63. The molecule has 0 fully saturated rings. The molecule has 0 aliphatic rings. The van der Waals surface area contributed by atoms with E-state index < -0.39 is 5.97 Å². The Balaban J connectivity index is 2.90. The van der Waals surface area contributed by atoms with Crippen LogP contribution >= 0.6 is 15.9 Å².